The molecule has 9 heteroatoms. The van der Waals surface area contributed by atoms with Gasteiger partial charge in [-0.1, -0.05) is 12.1 Å². The topological polar surface area (TPSA) is 84.5 Å². The summed E-state index contributed by atoms with van der Waals surface area (Å²) in [5.41, 5.74) is 4.46. The zero-order valence-corrected chi connectivity index (χ0v) is 14.7. The van der Waals surface area contributed by atoms with E-state index in [1.54, 1.807) is 23.9 Å². The molecule has 3 atom stereocenters. The first kappa shape index (κ1) is 16.7. The van der Waals surface area contributed by atoms with E-state index in [4.69, 9.17) is 4.99 Å². The molecule has 0 saturated heterocycles. The normalized spacial score (nSPS) is 25.8. The number of carbonyl (C=O) groups is 1. The van der Waals surface area contributed by atoms with Crippen LogP contribution >= 0.6 is 0 Å². The molecule has 0 bridgehead atoms. The fourth-order valence-electron chi connectivity index (χ4n) is 3.95. The van der Waals surface area contributed by atoms with Crippen molar-refractivity contribution in [1.29, 1.82) is 0 Å². The number of halogens is 2. The lowest BCUT2D eigenvalue weighted by atomic mass is 9.72. The van der Waals surface area contributed by atoms with Gasteiger partial charge >= 0.3 is 0 Å². The number of hydrogen-bond acceptors (Lipinski definition) is 5. The van der Waals surface area contributed by atoms with E-state index < -0.39 is 29.6 Å². The fourth-order valence-corrected chi connectivity index (χ4v) is 3.95. The van der Waals surface area contributed by atoms with Gasteiger partial charge in [0.15, 0.2) is 0 Å². The van der Waals surface area contributed by atoms with Crippen molar-refractivity contribution in [3.8, 4) is 0 Å². The summed E-state index contributed by atoms with van der Waals surface area (Å²) < 4.78 is 29.2. The van der Waals surface area contributed by atoms with Crippen molar-refractivity contribution in [1.82, 2.24) is 20.2 Å². The number of nitrogens with zero attached hydrogens (tertiary/aromatic N) is 5. The first-order chi connectivity index (χ1) is 13.5. The van der Waals surface area contributed by atoms with Crippen molar-refractivity contribution < 1.29 is 13.6 Å². The number of hydrazone groups is 1. The van der Waals surface area contributed by atoms with E-state index in [2.05, 4.69) is 20.6 Å². The number of benzene rings is 1. The molecule has 1 aromatic heterocycles. The number of nitrogens with one attached hydrogen (secondary N) is 1. The van der Waals surface area contributed by atoms with Crippen LogP contribution in [-0.4, -0.2) is 32.1 Å². The van der Waals surface area contributed by atoms with Crippen LogP contribution in [0, 0.1) is 11.7 Å². The Kier molecular flexibility index (Phi) is 3.58. The summed E-state index contributed by atoms with van der Waals surface area (Å²) in [6.07, 6.45) is 3.95. The van der Waals surface area contributed by atoms with Gasteiger partial charge in [-0.05, 0) is 29.8 Å². The van der Waals surface area contributed by atoms with Crippen LogP contribution in [0.2, 0.25) is 0 Å². The molecular formula is C19H14F2N6O. The van der Waals surface area contributed by atoms with Gasteiger partial charge in [0.05, 0.1) is 29.3 Å². The van der Waals surface area contributed by atoms with Gasteiger partial charge in [0, 0.05) is 12.6 Å². The van der Waals surface area contributed by atoms with Gasteiger partial charge in [0.2, 0.25) is 0 Å². The van der Waals surface area contributed by atoms with E-state index in [-0.39, 0.29) is 11.4 Å². The van der Waals surface area contributed by atoms with Crippen molar-refractivity contribution in [3.63, 3.8) is 0 Å². The van der Waals surface area contributed by atoms with Crippen molar-refractivity contribution in [2.75, 3.05) is 0 Å². The van der Waals surface area contributed by atoms with E-state index in [1.807, 2.05) is 0 Å². The predicted molar refractivity (Wildman–Crippen MR) is 96.7 cm³/mol. The van der Waals surface area contributed by atoms with Crippen LogP contribution in [0.4, 0.5) is 8.78 Å². The molecule has 7 nitrogen and oxygen atoms in total. The van der Waals surface area contributed by atoms with E-state index in [1.165, 1.54) is 30.6 Å². The fraction of sp³-hybridized carbons (Fsp3) is 0.211. The molecule has 1 aliphatic carbocycles. The molecule has 1 amide bonds. The second-order valence-corrected chi connectivity index (χ2v) is 6.81. The van der Waals surface area contributed by atoms with Gasteiger partial charge in [-0.25, -0.2) is 19.2 Å². The highest BCUT2D eigenvalue weighted by Gasteiger charge is 2.47. The minimum atomic E-state index is -0.549. The summed E-state index contributed by atoms with van der Waals surface area (Å²) in [5.74, 6) is -1.77. The third kappa shape index (κ3) is 2.43. The molecule has 140 valence electrons. The summed E-state index contributed by atoms with van der Waals surface area (Å²) >= 11 is 0. The Bertz CT molecular complexity index is 1110. The summed E-state index contributed by atoms with van der Waals surface area (Å²) in [7, 11) is 1.75. The molecule has 2 aromatic rings. The molecule has 0 fully saturated rings. The van der Waals surface area contributed by atoms with Crippen molar-refractivity contribution in [2.24, 2.45) is 23.1 Å². The van der Waals surface area contributed by atoms with Crippen molar-refractivity contribution >= 4 is 17.3 Å². The quantitative estimate of drug-likeness (QED) is 0.866. The maximum atomic E-state index is 14.1. The highest BCUT2D eigenvalue weighted by molar-refractivity contribution is 6.25. The monoisotopic (exact) mass is 380 g/mol. The van der Waals surface area contributed by atoms with Gasteiger partial charge < -0.3 is 0 Å². The Labute approximate surface area is 158 Å². The van der Waals surface area contributed by atoms with E-state index in [9.17, 15) is 13.6 Å². The molecule has 3 unspecified atom stereocenters. The lowest BCUT2D eigenvalue weighted by molar-refractivity contribution is -0.118. The second kappa shape index (κ2) is 6.01. The molecule has 2 aliphatic heterocycles. The predicted octanol–water partition coefficient (Wildman–Crippen LogP) is 2.13. The zero-order valence-electron chi connectivity index (χ0n) is 14.7. The first-order valence-electron chi connectivity index (χ1n) is 8.66. The molecule has 0 saturated carbocycles. The first-order valence-corrected chi connectivity index (χ1v) is 8.66. The van der Waals surface area contributed by atoms with Crippen LogP contribution in [0.25, 0.3) is 0 Å². The van der Waals surface area contributed by atoms with Gasteiger partial charge in [0.1, 0.15) is 23.8 Å². The third-order valence-corrected chi connectivity index (χ3v) is 5.19. The van der Waals surface area contributed by atoms with Crippen LogP contribution < -0.4 is 5.43 Å². The van der Waals surface area contributed by atoms with Gasteiger partial charge in [-0.2, -0.15) is 10.2 Å². The number of aromatic nitrogens is 3. The van der Waals surface area contributed by atoms with E-state index >= 15 is 0 Å². The molecule has 1 aromatic carbocycles. The Morgan fingerprint density at radius 1 is 1.14 bits per heavy atom. The van der Waals surface area contributed by atoms with Crippen LogP contribution in [0.1, 0.15) is 23.3 Å². The number of amides is 1. The number of rotatable bonds is 2. The molecule has 5 rings (SSSR count). The molecule has 0 spiro atoms. The Morgan fingerprint density at radius 2 is 1.93 bits per heavy atom. The maximum Gasteiger partial charge on any atom is 0.268 e. The third-order valence-electron chi connectivity index (χ3n) is 5.19. The van der Waals surface area contributed by atoms with E-state index in [0.29, 0.717) is 17.2 Å². The standard InChI is InChI=1S/C19H14F2N6O/c1-27-18(22-8-23-27)15-16(9-2-4-10(20)5-3-9)24-13-7-11(21)6-12-14(13)17(15)25-26-19(12)28/h2-8,14-16H,1H3,(H,26,28). The van der Waals surface area contributed by atoms with Gasteiger partial charge in [-0.15, -0.1) is 0 Å². The summed E-state index contributed by atoms with van der Waals surface area (Å²) in [6.45, 7) is 0. The Hall–Kier alpha value is -3.49. The minimum Gasteiger partial charge on any atom is -0.279 e. The lowest BCUT2D eigenvalue weighted by Gasteiger charge is -2.38. The number of allylic oxidation sites excluding steroid dienone is 3. The number of carbonyl (C=O) groups excluding carboxylic acids is 1. The smallest absolute Gasteiger partial charge is 0.268 e. The molecule has 28 heavy (non-hydrogen) atoms. The Morgan fingerprint density at radius 3 is 2.64 bits per heavy atom. The molecule has 3 heterocycles. The van der Waals surface area contributed by atoms with Gasteiger partial charge in [-0.3, -0.25) is 14.5 Å². The SMILES string of the molecule is Cn1ncnc1C1C2=NNC(=O)C3=CC(F)=CC(=NC1c1ccc(F)cc1)C32. The second-order valence-electron chi connectivity index (χ2n) is 6.81. The largest absolute Gasteiger partial charge is 0.279 e. The lowest BCUT2D eigenvalue weighted by Crippen LogP contribution is -2.47. The van der Waals surface area contributed by atoms with Crippen LogP contribution in [-0.2, 0) is 11.8 Å². The zero-order chi connectivity index (χ0) is 19.4. The van der Waals surface area contributed by atoms with Crippen molar-refractivity contribution in [2.45, 2.75) is 12.0 Å². The highest BCUT2D eigenvalue weighted by atomic mass is 19.1. The molecule has 0 radical (unpaired) electrons. The summed E-state index contributed by atoms with van der Waals surface area (Å²) in [6, 6.07) is 5.45. The average molecular weight is 380 g/mol. The van der Waals surface area contributed by atoms with Crippen LogP contribution in [0.5, 0.6) is 0 Å². The van der Waals surface area contributed by atoms with Crippen molar-refractivity contribution in [3.05, 3.63) is 71.3 Å². The summed E-state index contributed by atoms with van der Waals surface area (Å²) in [4.78, 5) is 21.3. The highest BCUT2D eigenvalue weighted by Crippen LogP contribution is 2.44. The molecule has 1 N–H and O–H groups in total. The Balaban J connectivity index is 1.75. The van der Waals surface area contributed by atoms with E-state index in [0.717, 1.165) is 5.56 Å². The van der Waals surface area contributed by atoms with Crippen LogP contribution in [0.3, 0.4) is 0 Å². The number of hydrogen-bond donors (Lipinski definition) is 1. The maximum absolute atomic E-state index is 14.1. The molecular weight excluding hydrogens is 366 g/mol. The van der Waals surface area contributed by atoms with Gasteiger partial charge in [0.25, 0.3) is 5.91 Å². The number of aryl methyl sites for hydroxylation is 1. The number of aliphatic imine (C=N–C) groups is 1. The summed E-state index contributed by atoms with van der Waals surface area (Å²) in [5, 5.41) is 8.44. The van der Waals surface area contributed by atoms with Crippen LogP contribution in [0.15, 0.2) is 64.2 Å². The average Bonchev–Trinajstić information content (AvgIpc) is 3.10. The molecule has 3 aliphatic rings. The minimum absolute atomic E-state index is 0.258.